The lowest BCUT2D eigenvalue weighted by molar-refractivity contribution is -0.924. The van der Waals surface area contributed by atoms with Crippen LogP contribution in [0.3, 0.4) is 0 Å². The van der Waals surface area contributed by atoms with Gasteiger partial charge in [-0.25, -0.2) is 4.79 Å². The summed E-state index contributed by atoms with van der Waals surface area (Å²) in [7, 11) is 1.35. The number of ketones is 1. The second-order valence-corrected chi connectivity index (χ2v) is 7.42. The van der Waals surface area contributed by atoms with Crippen molar-refractivity contribution in [3.05, 3.63) is 53.1 Å². The Bertz CT molecular complexity index is 1020. The predicted octanol–water partition coefficient (Wildman–Crippen LogP) is 0.739. The Balaban J connectivity index is 1.54. The second-order valence-electron chi connectivity index (χ2n) is 7.42. The molecule has 2 aliphatic heterocycles. The number of hydrogen-bond donors (Lipinski definition) is 2. The van der Waals surface area contributed by atoms with Crippen molar-refractivity contribution in [1.29, 1.82) is 0 Å². The minimum absolute atomic E-state index is 0.0554. The first-order chi connectivity index (χ1) is 14.5. The average molecular weight is 411 g/mol. The van der Waals surface area contributed by atoms with Crippen LogP contribution in [-0.4, -0.2) is 44.1 Å². The van der Waals surface area contributed by atoms with Gasteiger partial charge in [-0.1, -0.05) is 24.3 Å². The number of rotatable bonds is 5. The van der Waals surface area contributed by atoms with Crippen molar-refractivity contribution < 1.29 is 33.5 Å². The molecule has 156 valence electrons. The van der Waals surface area contributed by atoms with Crippen LogP contribution < -0.4 is 19.7 Å². The number of quaternary nitrogens is 1. The van der Waals surface area contributed by atoms with E-state index in [2.05, 4.69) is 5.32 Å². The molecule has 0 bridgehead atoms. The highest BCUT2D eigenvalue weighted by molar-refractivity contribution is 6.04. The number of amides is 1. The molecule has 0 saturated heterocycles. The number of carbonyl (C=O) groups excluding carboxylic acids is 3. The van der Waals surface area contributed by atoms with Gasteiger partial charge in [-0.2, -0.15) is 0 Å². The van der Waals surface area contributed by atoms with E-state index in [0.29, 0.717) is 35.7 Å². The molecule has 0 aliphatic carbocycles. The van der Waals surface area contributed by atoms with Crippen LogP contribution in [0.1, 0.15) is 28.4 Å². The van der Waals surface area contributed by atoms with Gasteiger partial charge in [0.15, 0.2) is 29.9 Å². The molecule has 0 radical (unpaired) electrons. The van der Waals surface area contributed by atoms with Gasteiger partial charge in [0.05, 0.1) is 12.8 Å². The lowest BCUT2D eigenvalue weighted by Gasteiger charge is -2.31. The number of Topliss-reactive ketones (excluding diaryl/α,β-unsaturated/α-hetero) is 1. The normalized spacial score (nSPS) is 19.0. The predicted molar refractivity (Wildman–Crippen MR) is 107 cm³/mol. The molecule has 2 aromatic rings. The zero-order valence-corrected chi connectivity index (χ0v) is 16.8. The van der Waals surface area contributed by atoms with Crippen molar-refractivity contribution in [2.75, 3.05) is 25.8 Å². The molecule has 0 spiro atoms. The average Bonchev–Trinajstić information content (AvgIpc) is 3.19. The van der Waals surface area contributed by atoms with Gasteiger partial charge in [0.25, 0.3) is 5.91 Å². The first-order valence-corrected chi connectivity index (χ1v) is 9.70. The molecular weight excluding hydrogens is 388 g/mol. The summed E-state index contributed by atoms with van der Waals surface area (Å²) in [4.78, 5) is 38.0. The maximum Gasteiger partial charge on any atom is 0.365 e. The fourth-order valence-electron chi connectivity index (χ4n) is 3.98. The molecule has 2 aliphatic rings. The number of nitrogens with one attached hydrogen (secondary N) is 2. The molecular formula is C22H23N2O6+. The Hall–Kier alpha value is -3.39. The minimum atomic E-state index is -0.473. The summed E-state index contributed by atoms with van der Waals surface area (Å²) in [5, 5.41) is 2.80. The van der Waals surface area contributed by atoms with Crippen LogP contribution in [0.4, 0.5) is 5.69 Å². The Morgan fingerprint density at radius 3 is 2.53 bits per heavy atom. The number of fused-ring (bicyclic) bond motifs is 2. The van der Waals surface area contributed by atoms with Crippen LogP contribution in [0, 0.1) is 0 Å². The van der Waals surface area contributed by atoms with Gasteiger partial charge in [0.1, 0.15) is 6.54 Å². The maximum atomic E-state index is 12.9. The third kappa shape index (κ3) is 3.86. The largest absolute Gasteiger partial charge is 0.465 e. The van der Waals surface area contributed by atoms with Crippen molar-refractivity contribution in [2.45, 2.75) is 25.9 Å². The van der Waals surface area contributed by atoms with E-state index in [1.165, 1.54) is 14.0 Å². The van der Waals surface area contributed by atoms with Crippen LogP contribution in [0.25, 0.3) is 0 Å². The van der Waals surface area contributed by atoms with E-state index in [1.807, 2.05) is 24.3 Å². The fourth-order valence-corrected chi connectivity index (χ4v) is 3.98. The van der Waals surface area contributed by atoms with E-state index in [-0.39, 0.29) is 31.0 Å². The van der Waals surface area contributed by atoms with Crippen LogP contribution in [0.5, 0.6) is 11.5 Å². The maximum absolute atomic E-state index is 12.9. The SMILES string of the molecule is COC(=O)[C@@H]1Cc2ccccc2C[NH+]1CC(=O)Nc1cc2c(cc1C(C)=O)OCO2. The molecule has 0 fully saturated rings. The number of carbonyl (C=O) groups is 3. The Labute approximate surface area is 173 Å². The van der Waals surface area contributed by atoms with Gasteiger partial charge in [-0.3, -0.25) is 9.59 Å². The first kappa shape index (κ1) is 19.9. The van der Waals surface area contributed by atoms with Gasteiger partial charge in [0.2, 0.25) is 6.79 Å². The highest BCUT2D eigenvalue weighted by Gasteiger charge is 2.37. The topological polar surface area (TPSA) is 95.4 Å². The molecule has 2 aromatic carbocycles. The standard InChI is InChI=1S/C22H22N2O6/c1-13(25)16-8-19-20(30-12-29-19)9-17(16)23-21(26)11-24-10-15-6-4-3-5-14(15)7-18(24)22(27)28-2/h3-6,8-9,18H,7,10-12H2,1-2H3,(H,23,26)/p+1/t18-/m0/s1. The Morgan fingerprint density at radius 2 is 1.83 bits per heavy atom. The van der Waals surface area contributed by atoms with Gasteiger partial charge in [-0.05, 0) is 18.6 Å². The van der Waals surface area contributed by atoms with Gasteiger partial charge in [0, 0.05) is 23.6 Å². The van der Waals surface area contributed by atoms with Crippen molar-refractivity contribution in [3.63, 3.8) is 0 Å². The molecule has 1 amide bonds. The molecule has 8 heteroatoms. The Morgan fingerprint density at radius 1 is 1.13 bits per heavy atom. The van der Waals surface area contributed by atoms with E-state index in [9.17, 15) is 14.4 Å². The minimum Gasteiger partial charge on any atom is -0.465 e. The van der Waals surface area contributed by atoms with Crippen molar-refractivity contribution in [3.8, 4) is 11.5 Å². The number of methoxy groups -OCH3 is 1. The zero-order valence-electron chi connectivity index (χ0n) is 16.8. The number of hydrogen-bond acceptors (Lipinski definition) is 6. The van der Waals surface area contributed by atoms with E-state index >= 15 is 0 Å². The summed E-state index contributed by atoms with van der Waals surface area (Å²) in [5.74, 6) is 0.0962. The summed E-state index contributed by atoms with van der Waals surface area (Å²) in [5.41, 5.74) is 2.90. The summed E-state index contributed by atoms with van der Waals surface area (Å²) >= 11 is 0. The van der Waals surface area contributed by atoms with Crippen LogP contribution >= 0.6 is 0 Å². The lowest BCUT2D eigenvalue weighted by atomic mass is 9.94. The highest BCUT2D eigenvalue weighted by atomic mass is 16.7. The van der Waals surface area contributed by atoms with Crippen molar-refractivity contribution >= 4 is 23.3 Å². The van der Waals surface area contributed by atoms with E-state index in [1.54, 1.807) is 12.1 Å². The molecule has 2 atom stereocenters. The van der Waals surface area contributed by atoms with E-state index in [0.717, 1.165) is 16.0 Å². The fraction of sp³-hybridized carbons (Fsp3) is 0.318. The molecule has 4 rings (SSSR count). The smallest absolute Gasteiger partial charge is 0.365 e. The molecule has 0 aromatic heterocycles. The Kier molecular flexibility index (Phi) is 5.41. The van der Waals surface area contributed by atoms with Crippen LogP contribution in [-0.2, 0) is 27.3 Å². The van der Waals surface area contributed by atoms with Gasteiger partial charge >= 0.3 is 5.97 Å². The third-order valence-corrected chi connectivity index (χ3v) is 5.49. The van der Waals surface area contributed by atoms with E-state index < -0.39 is 6.04 Å². The summed E-state index contributed by atoms with van der Waals surface area (Å²) in [6, 6.07) is 10.6. The molecule has 0 saturated carbocycles. The van der Waals surface area contributed by atoms with Crippen LogP contribution in [0.15, 0.2) is 36.4 Å². The molecule has 8 nitrogen and oxygen atoms in total. The molecule has 2 heterocycles. The zero-order chi connectivity index (χ0) is 21.3. The summed E-state index contributed by atoms with van der Waals surface area (Å²) in [6.45, 7) is 2.08. The number of benzene rings is 2. The van der Waals surface area contributed by atoms with Gasteiger partial charge in [-0.15, -0.1) is 0 Å². The third-order valence-electron chi connectivity index (χ3n) is 5.49. The number of esters is 1. The van der Waals surface area contributed by atoms with E-state index in [4.69, 9.17) is 14.2 Å². The number of anilines is 1. The summed E-state index contributed by atoms with van der Waals surface area (Å²) in [6.07, 6.45) is 0.508. The second kappa shape index (κ2) is 8.16. The highest BCUT2D eigenvalue weighted by Crippen LogP contribution is 2.37. The number of ether oxygens (including phenoxy) is 3. The monoisotopic (exact) mass is 411 g/mol. The molecule has 1 unspecified atom stereocenters. The molecule has 30 heavy (non-hydrogen) atoms. The quantitative estimate of drug-likeness (QED) is 0.557. The summed E-state index contributed by atoms with van der Waals surface area (Å²) < 4.78 is 15.6. The van der Waals surface area contributed by atoms with Crippen molar-refractivity contribution in [1.82, 2.24) is 0 Å². The lowest BCUT2D eigenvalue weighted by Crippen LogP contribution is -3.17. The first-order valence-electron chi connectivity index (χ1n) is 9.70. The van der Waals surface area contributed by atoms with Gasteiger partial charge < -0.3 is 24.4 Å². The van der Waals surface area contributed by atoms with Crippen molar-refractivity contribution in [2.24, 2.45) is 0 Å². The van der Waals surface area contributed by atoms with Crippen LogP contribution in [0.2, 0.25) is 0 Å². The molecule has 2 N–H and O–H groups in total.